The van der Waals surface area contributed by atoms with E-state index in [4.69, 9.17) is 11.2 Å². The largest absolute Gasteiger partial charge is 0.475 e. The summed E-state index contributed by atoms with van der Waals surface area (Å²) in [7, 11) is 0. The van der Waals surface area contributed by atoms with E-state index in [1.807, 2.05) is 0 Å². The lowest BCUT2D eigenvalue weighted by Gasteiger charge is -2.13. The van der Waals surface area contributed by atoms with Crippen molar-refractivity contribution in [2.45, 2.75) is 31.7 Å². The Labute approximate surface area is 116 Å². The van der Waals surface area contributed by atoms with Crippen molar-refractivity contribution < 1.29 is 18.3 Å². The van der Waals surface area contributed by atoms with Gasteiger partial charge in [0.05, 0.1) is 0 Å². The average Bonchev–Trinajstić information content (AvgIpc) is 2.90. The van der Waals surface area contributed by atoms with E-state index < -0.39 is 23.3 Å². The lowest BCUT2D eigenvalue weighted by molar-refractivity contribution is 0.0936. The molecule has 20 heavy (non-hydrogen) atoms. The maximum atomic E-state index is 13.7. The van der Waals surface area contributed by atoms with Crippen molar-refractivity contribution in [1.29, 1.82) is 0 Å². The molecule has 0 saturated heterocycles. The zero-order valence-corrected chi connectivity index (χ0v) is 10.9. The zero-order valence-electron chi connectivity index (χ0n) is 10.9. The van der Waals surface area contributed by atoms with Gasteiger partial charge >= 0.3 is 0 Å². The second-order valence-corrected chi connectivity index (χ2v) is 4.72. The summed E-state index contributed by atoms with van der Waals surface area (Å²) in [5, 5.41) is 2.77. The number of terminal acetylenes is 1. The van der Waals surface area contributed by atoms with E-state index in [0.717, 1.165) is 37.8 Å². The van der Waals surface area contributed by atoms with Gasteiger partial charge in [-0.3, -0.25) is 4.79 Å². The van der Waals surface area contributed by atoms with E-state index in [1.54, 1.807) is 0 Å². The molecular weight excluding hydrogens is 264 g/mol. The molecule has 0 bridgehead atoms. The van der Waals surface area contributed by atoms with Crippen molar-refractivity contribution in [3.63, 3.8) is 0 Å². The molecule has 1 amide bonds. The van der Waals surface area contributed by atoms with Gasteiger partial charge in [-0.2, -0.15) is 0 Å². The monoisotopic (exact) mass is 279 g/mol. The van der Waals surface area contributed by atoms with Crippen LogP contribution in [0.4, 0.5) is 8.78 Å². The van der Waals surface area contributed by atoms with Crippen molar-refractivity contribution >= 4 is 5.91 Å². The van der Waals surface area contributed by atoms with E-state index >= 15 is 0 Å². The average molecular weight is 279 g/mol. The quantitative estimate of drug-likeness (QED) is 0.860. The van der Waals surface area contributed by atoms with Crippen LogP contribution in [0.3, 0.4) is 0 Å². The summed E-state index contributed by atoms with van der Waals surface area (Å²) in [5.41, 5.74) is -0.0556. The maximum absolute atomic E-state index is 13.7. The number of hydrogen-bond acceptors (Lipinski definition) is 2. The van der Waals surface area contributed by atoms with Crippen LogP contribution in [0, 0.1) is 24.0 Å². The van der Waals surface area contributed by atoms with E-state index in [9.17, 15) is 13.6 Å². The first-order chi connectivity index (χ1) is 9.61. The molecule has 1 fully saturated rings. The molecule has 106 valence electrons. The number of halogens is 2. The van der Waals surface area contributed by atoms with Gasteiger partial charge in [-0.05, 0) is 25.0 Å². The van der Waals surface area contributed by atoms with Crippen molar-refractivity contribution in [3.8, 4) is 18.1 Å². The lowest BCUT2D eigenvalue weighted by Crippen LogP contribution is -2.32. The lowest BCUT2D eigenvalue weighted by atomic mass is 10.1. The maximum Gasteiger partial charge on any atom is 0.251 e. The van der Waals surface area contributed by atoms with Gasteiger partial charge in [-0.15, -0.1) is 6.42 Å². The molecule has 0 atom stereocenters. The van der Waals surface area contributed by atoms with Crippen LogP contribution in [0.15, 0.2) is 12.1 Å². The molecule has 1 aromatic carbocycles. The topological polar surface area (TPSA) is 38.3 Å². The summed E-state index contributed by atoms with van der Waals surface area (Å²) in [6.45, 7) is -0.235. The second-order valence-electron chi connectivity index (χ2n) is 4.72. The van der Waals surface area contributed by atoms with Gasteiger partial charge in [0.25, 0.3) is 5.91 Å². The van der Waals surface area contributed by atoms with Crippen molar-refractivity contribution in [3.05, 3.63) is 29.3 Å². The van der Waals surface area contributed by atoms with Crippen molar-refractivity contribution in [2.75, 3.05) is 6.61 Å². The molecule has 0 aliphatic heterocycles. The first-order valence-electron chi connectivity index (χ1n) is 6.48. The minimum absolute atomic E-state index is 0.0556. The first kappa shape index (κ1) is 14.3. The van der Waals surface area contributed by atoms with Gasteiger partial charge in [0.15, 0.2) is 17.4 Å². The predicted octanol–water partition coefficient (Wildman–Crippen LogP) is 2.65. The molecule has 0 radical (unpaired) electrons. The molecule has 1 aliphatic carbocycles. The number of carbonyl (C=O) groups excluding carboxylic acids is 1. The first-order valence-corrected chi connectivity index (χ1v) is 6.48. The van der Waals surface area contributed by atoms with Gasteiger partial charge < -0.3 is 10.1 Å². The normalized spacial score (nSPS) is 14.8. The van der Waals surface area contributed by atoms with E-state index in [-0.39, 0.29) is 18.2 Å². The Kier molecular flexibility index (Phi) is 4.57. The third-order valence-corrected chi connectivity index (χ3v) is 3.25. The summed E-state index contributed by atoms with van der Waals surface area (Å²) in [6, 6.07) is 2.00. The van der Waals surface area contributed by atoms with Gasteiger partial charge in [0.2, 0.25) is 0 Å². The Balaban J connectivity index is 2.12. The molecule has 0 aromatic heterocycles. The fourth-order valence-corrected chi connectivity index (χ4v) is 2.28. The molecule has 1 aromatic rings. The van der Waals surface area contributed by atoms with Crippen molar-refractivity contribution in [2.24, 2.45) is 0 Å². The molecule has 0 spiro atoms. The van der Waals surface area contributed by atoms with Gasteiger partial charge in [-0.25, -0.2) is 8.78 Å². The summed E-state index contributed by atoms with van der Waals surface area (Å²) in [6.07, 6.45) is 8.89. The van der Waals surface area contributed by atoms with E-state index in [1.165, 1.54) is 0 Å². The Morgan fingerprint density at radius 3 is 2.50 bits per heavy atom. The number of hydrogen-bond donors (Lipinski definition) is 1. The summed E-state index contributed by atoms with van der Waals surface area (Å²) < 4.78 is 32.2. The van der Waals surface area contributed by atoms with E-state index in [0.29, 0.717) is 0 Å². The highest BCUT2D eigenvalue weighted by Gasteiger charge is 2.20. The van der Waals surface area contributed by atoms with Crippen LogP contribution in [0.1, 0.15) is 36.0 Å². The molecule has 3 nitrogen and oxygen atoms in total. The molecule has 0 heterocycles. The number of amides is 1. The summed E-state index contributed by atoms with van der Waals surface area (Å²) >= 11 is 0. The number of rotatable bonds is 4. The Hall–Kier alpha value is -2.09. The molecule has 1 aliphatic rings. The third-order valence-electron chi connectivity index (χ3n) is 3.25. The van der Waals surface area contributed by atoms with Crippen LogP contribution in [0.5, 0.6) is 5.75 Å². The fourth-order valence-electron chi connectivity index (χ4n) is 2.28. The zero-order chi connectivity index (χ0) is 14.5. The third kappa shape index (κ3) is 3.27. The predicted molar refractivity (Wildman–Crippen MR) is 70.4 cm³/mol. The van der Waals surface area contributed by atoms with Crippen LogP contribution in [0.2, 0.25) is 0 Å². The van der Waals surface area contributed by atoms with Gasteiger partial charge in [-0.1, -0.05) is 18.8 Å². The fraction of sp³-hybridized carbons (Fsp3) is 0.400. The SMILES string of the molecule is C#CCOc1c(F)cc(C(=O)NC2CCCC2)cc1F. The van der Waals surface area contributed by atoms with Crippen molar-refractivity contribution in [1.82, 2.24) is 5.32 Å². The second kappa shape index (κ2) is 6.38. The molecule has 1 saturated carbocycles. The Bertz CT molecular complexity index is 522. The number of ether oxygens (including phenoxy) is 1. The number of carbonyl (C=O) groups is 1. The molecular formula is C15H15F2NO2. The van der Waals surface area contributed by atoms with Crippen LogP contribution in [-0.2, 0) is 0 Å². The molecule has 0 unspecified atom stereocenters. The number of benzene rings is 1. The molecule has 2 rings (SSSR count). The highest BCUT2D eigenvalue weighted by Crippen LogP contribution is 2.24. The summed E-state index contributed by atoms with van der Waals surface area (Å²) in [4.78, 5) is 11.9. The van der Waals surface area contributed by atoms with E-state index in [2.05, 4.69) is 11.2 Å². The summed E-state index contributed by atoms with van der Waals surface area (Å²) in [5.74, 6) is -0.775. The van der Waals surface area contributed by atoms with Crippen LogP contribution < -0.4 is 10.1 Å². The van der Waals surface area contributed by atoms with Gasteiger partial charge in [0.1, 0.15) is 6.61 Å². The van der Waals surface area contributed by atoms with Crippen LogP contribution in [0.25, 0.3) is 0 Å². The van der Waals surface area contributed by atoms with Crippen LogP contribution >= 0.6 is 0 Å². The molecule has 5 heteroatoms. The number of nitrogens with one attached hydrogen (secondary N) is 1. The minimum atomic E-state index is -0.933. The van der Waals surface area contributed by atoms with Gasteiger partial charge in [0, 0.05) is 11.6 Å². The van der Waals surface area contributed by atoms with Crippen LogP contribution in [-0.4, -0.2) is 18.6 Å². The highest BCUT2D eigenvalue weighted by atomic mass is 19.1. The standard InChI is InChI=1S/C15H15F2NO2/c1-2-7-20-14-12(16)8-10(9-13(14)17)15(19)18-11-5-3-4-6-11/h1,8-9,11H,3-7H2,(H,18,19). The Morgan fingerprint density at radius 2 is 1.95 bits per heavy atom. The highest BCUT2D eigenvalue weighted by molar-refractivity contribution is 5.94. The minimum Gasteiger partial charge on any atom is -0.475 e. The Morgan fingerprint density at radius 1 is 1.35 bits per heavy atom. The smallest absolute Gasteiger partial charge is 0.251 e. The molecule has 1 N–H and O–H groups in total.